The molecule has 0 radical (unpaired) electrons. The van der Waals surface area contributed by atoms with Crippen molar-refractivity contribution >= 4 is 49.1 Å². The van der Waals surface area contributed by atoms with E-state index < -0.39 is 0 Å². The van der Waals surface area contributed by atoms with E-state index in [-0.39, 0.29) is 12.1 Å². The van der Waals surface area contributed by atoms with Crippen LogP contribution < -0.4 is 14.5 Å². The fraction of sp³-hybridized carbons (Fsp3) is 0.136. The van der Waals surface area contributed by atoms with Crippen LogP contribution in [0, 0.1) is 0 Å². The smallest absolute Gasteiger partial charge is 0.262 e. The largest absolute Gasteiger partial charge is 0.497 e. The number of amides is 1. The molecule has 0 fully saturated rings. The molecule has 0 saturated carbocycles. The number of hydrogen-bond acceptors (Lipinski definition) is 3. The van der Waals surface area contributed by atoms with Gasteiger partial charge in [0, 0.05) is 21.7 Å². The molecule has 28 heavy (non-hydrogen) atoms. The molecule has 1 aliphatic heterocycles. The lowest BCUT2D eigenvalue weighted by Gasteiger charge is -2.44. The Hall–Kier alpha value is -2.31. The van der Waals surface area contributed by atoms with Crippen LogP contribution >= 0.6 is 31.9 Å². The molecule has 1 atom stereocenters. The summed E-state index contributed by atoms with van der Waals surface area (Å²) in [6.07, 6.45) is -0.287. The van der Waals surface area contributed by atoms with E-state index in [0.29, 0.717) is 5.56 Å². The number of fused-ring (bicyclic) bond motifs is 1. The molecule has 1 aliphatic rings. The number of carbonyl (C=O) groups is 1. The van der Waals surface area contributed by atoms with Crippen molar-refractivity contribution < 1.29 is 9.53 Å². The van der Waals surface area contributed by atoms with E-state index in [1.807, 2.05) is 78.7 Å². The summed E-state index contributed by atoms with van der Waals surface area (Å²) in [5.41, 5.74) is 3.42. The Labute approximate surface area is 181 Å². The van der Waals surface area contributed by atoms with E-state index in [0.717, 1.165) is 31.6 Å². The summed E-state index contributed by atoms with van der Waals surface area (Å²) in [5.74, 6) is 0.726. The van der Waals surface area contributed by atoms with Crippen molar-refractivity contribution in [3.63, 3.8) is 0 Å². The second-order valence-corrected chi connectivity index (χ2v) is 8.41. The summed E-state index contributed by atoms with van der Waals surface area (Å²) >= 11 is 7.15. The topological polar surface area (TPSA) is 32.8 Å². The molecule has 4 nitrogen and oxygen atoms in total. The average molecular weight is 502 g/mol. The van der Waals surface area contributed by atoms with Crippen molar-refractivity contribution in [1.29, 1.82) is 0 Å². The highest BCUT2D eigenvalue weighted by molar-refractivity contribution is 9.11. The molecule has 6 heteroatoms. The lowest BCUT2D eigenvalue weighted by Crippen LogP contribution is -2.48. The van der Waals surface area contributed by atoms with Crippen molar-refractivity contribution in [2.75, 3.05) is 24.0 Å². The zero-order chi connectivity index (χ0) is 19.8. The van der Waals surface area contributed by atoms with Gasteiger partial charge >= 0.3 is 0 Å². The van der Waals surface area contributed by atoms with E-state index in [1.54, 1.807) is 7.11 Å². The Balaban J connectivity index is 1.91. The van der Waals surface area contributed by atoms with Crippen LogP contribution in [-0.2, 0) is 0 Å². The highest BCUT2D eigenvalue weighted by atomic mass is 79.9. The maximum atomic E-state index is 13.5. The number of nitrogens with zero attached hydrogens (tertiary/aromatic N) is 2. The first kappa shape index (κ1) is 19.0. The molecule has 0 aromatic heterocycles. The van der Waals surface area contributed by atoms with Crippen LogP contribution in [0.5, 0.6) is 5.75 Å². The Morgan fingerprint density at radius 1 is 0.929 bits per heavy atom. The number of rotatable bonds is 3. The number of ether oxygens (including phenoxy) is 1. The second kappa shape index (κ2) is 7.60. The number of benzene rings is 3. The van der Waals surface area contributed by atoms with Gasteiger partial charge in [-0.2, -0.15) is 0 Å². The van der Waals surface area contributed by atoms with Gasteiger partial charge in [0.25, 0.3) is 5.91 Å². The number of carbonyl (C=O) groups excluding carboxylic acids is 1. The van der Waals surface area contributed by atoms with Crippen LogP contribution in [0.25, 0.3) is 0 Å². The maximum absolute atomic E-state index is 13.5. The van der Waals surface area contributed by atoms with E-state index in [1.165, 1.54) is 0 Å². The van der Waals surface area contributed by atoms with E-state index in [9.17, 15) is 4.79 Å². The normalized spacial score (nSPS) is 16.1. The summed E-state index contributed by atoms with van der Waals surface area (Å²) in [6, 6.07) is 21.4. The van der Waals surface area contributed by atoms with Gasteiger partial charge in [0.2, 0.25) is 0 Å². The lowest BCUT2D eigenvalue weighted by molar-refractivity contribution is 0.0969. The highest BCUT2D eigenvalue weighted by Gasteiger charge is 2.37. The molecule has 1 amide bonds. The van der Waals surface area contributed by atoms with Gasteiger partial charge < -0.3 is 9.64 Å². The second-order valence-electron chi connectivity index (χ2n) is 6.58. The predicted molar refractivity (Wildman–Crippen MR) is 119 cm³/mol. The molecular formula is C22H18Br2N2O2. The van der Waals surface area contributed by atoms with Gasteiger partial charge in [0.1, 0.15) is 11.9 Å². The van der Waals surface area contributed by atoms with Crippen molar-refractivity contribution in [3.05, 3.63) is 86.8 Å². The van der Waals surface area contributed by atoms with Gasteiger partial charge in [-0.1, -0.05) is 44.0 Å². The van der Waals surface area contributed by atoms with Gasteiger partial charge in [-0.25, -0.2) is 0 Å². The van der Waals surface area contributed by atoms with E-state index >= 15 is 0 Å². The summed E-state index contributed by atoms with van der Waals surface area (Å²) < 4.78 is 7.18. The summed E-state index contributed by atoms with van der Waals surface area (Å²) in [4.78, 5) is 17.5. The first-order valence-corrected chi connectivity index (χ1v) is 10.3. The van der Waals surface area contributed by atoms with Crippen molar-refractivity contribution in [3.8, 4) is 5.75 Å². The number of anilines is 2. The predicted octanol–water partition coefficient (Wildman–Crippen LogP) is 6.02. The third kappa shape index (κ3) is 3.31. The Morgan fingerprint density at radius 3 is 2.21 bits per heavy atom. The number of hydrogen-bond donors (Lipinski definition) is 0. The minimum Gasteiger partial charge on any atom is -0.497 e. The van der Waals surface area contributed by atoms with Crippen LogP contribution in [0.4, 0.5) is 11.4 Å². The fourth-order valence-corrected chi connectivity index (χ4v) is 4.94. The van der Waals surface area contributed by atoms with Gasteiger partial charge in [-0.3, -0.25) is 9.69 Å². The zero-order valence-corrected chi connectivity index (χ0v) is 18.6. The molecule has 3 aromatic rings. The summed E-state index contributed by atoms with van der Waals surface area (Å²) in [6.45, 7) is 0. The molecule has 4 rings (SSSR count). The third-order valence-corrected chi connectivity index (χ3v) is 5.79. The average Bonchev–Trinajstić information content (AvgIpc) is 2.70. The number of para-hydroxylation sites is 1. The SMILES string of the molecule is COc1ccc(N2C(=O)c3ccccc3N(C)C2c2cc(Br)cc(Br)c2)cc1. The molecule has 0 N–H and O–H groups in total. The lowest BCUT2D eigenvalue weighted by atomic mass is 10.0. The maximum Gasteiger partial charge on any atom is 0.262 e. The van der Waals surface area contributed by atoms with E-state index in [4.69, 9.17) is 4.74 Å². The van der Waals surface area contributed by atoms with Crippen LogP contribution in [0.3, 0.4) is 0 Å². The standard InChI is InChI=1S/C22H18Br2N2O2/c1-25-20-6-4-3-5-19(20)22(27)26(17-7-9-18(28-2)10-8-17)21(25)14-11-15(23)13-16(24)12-14/h3-13,21H,1-2H3. The Kier molecular flexibility index (Phi) is 5.17. The molecule has 0 aliphatic carbocycles. The Morgan fingerprint density at radius 2 is 1.57 bits per heavy atom. The molecule has 1 heterocycles. The quantitative estimate of drug-likeness (QED) is 0.440. The number of methoxy groups -OCH3 is 1. The molecule has 3 aromatic carbocycles. The monoisotopic (exact) mass is 500 g/mol. The summed E-state index contributed by atoms with van der Waals surface area (Å²) in [7, 11) is 3.65. The van der Waals surface area contributed by atoms with Crippen LogP contribution in [0.1, 0.15) is 22.1 Å². The van der Waals surface area contributed by atoms with Gasteiger partial charge in [0.05, 0.1) is 18.4 Å². The minimum atomic E-state index is -0.287. The Bertz CT molecular complexity index is 1020. The van der Waals surface area contributed by atoms with Gasteiger partial charge in [0.15, 0.2) is 0 Å². The molecule has 0 saturated heterocycles. The first-order valence-electron chi connectivity index (χ1n) is 8.75. The fourth-order valence-electron chi connectivity index (χ4n) is 3.61. The molecule has 1 unspecified atom stereocenters. The zero-order valence-electron chi connectivity index (χ0n) is 15.4. The molecule has 0 bridgehead atoms. The summed E-state index contributed by atoms with van der Waals surface area (Å²) in [5, 5.41) is 0. The number of halogens is 2. The molecular weight excluding hydrogens is 484 g/mol. The van der Waals surface area contributed by atoms with Crippen molar-refractivity contribution in [2.45, 2.75) is 6.17 Å². The van der Waals surface area contributed by atoms with Crippen LogP contribution in [0.2, 0.25) is 0 Å². The van der Waals surface area contributed by atoms with Gasteiger partial charge in [-0.05, 0) is 60.2 Å². The minimum absolute atomic E-state index is 0.0278. The van der Waals surface area contributed by atoms with Crippen molar-refractivity contribution in [1.82, 2.24) is 0 Å². The molecule has 142 valence electrons. The van der Waals surface area contributed by atoms with Gasteiger partial charge in [-0.15, -0.1) is 0 Å². The van der Waals surface area contributed by atoms with E-state index in [2.05, 4.69) is 36.8 Å². The highest BCUT2D eigenvalue weighted by Crippen LogP contribution is 2.41. The van der Waals surface area contributed by atoms with Crippen LogP contribution in [-0.4, -0.2) is 20.1 Å². The first-order chi connectivity index (χ1) is 13.5. The third-order valence-electron chi connectivity index (χ3n) is 4.88. The van der Waals surface area contributed by atoms with Crippen molar-refractivity contribution in [2.24, 2.45) is 0 Å². The van der Waals surface area contributed by atoms with Crippen LogP contribution in [0.15, 0.2) is 75.7 Å². The molecule has 0 spiro atoms.